The number of carbonyl (C=O) groups excluding carboxylic acids is 3. The molecule has 0 bridgehead atoms. The van der Waals surface area contributed by atoms with Gasteiger partial charge in [-0.15, -0.1) is 0 Å². The van der Waals surface area contributed by atoms with Crippen LogP contribution in [0.2, 0.25) is 0 Å². The van der Waals surface area contributed by atoms with Gasteiger partial charge in [0.05, 0.1) is 6.04 Å². The van der Waals surface area contributed by atoms with Gasteiger partial charge < -0.3 is 31.8 Å². The van der Waals surface area contributed by atoms with Crippen molar-refractivity contribution in [2.45, 2.75) is 71.1 Å². The van der Waals surface area contributed by atoms with Crippen LogP contribution in [-0.4, -0.2) is 63.7 Å². The van der Waals surface area contributed by atoms with E-state index in [-0.39, 0.29) is 36.9 Å². The number of carbonyl (C=O) groups is 4. The highest BCUT2D eigenvalue weighted by atomic mass is 32.1. The van der Waals surface area contributed by atoms with Gasteiger partial charge in [0.25, 0.3) is 0 Å². The van der Waals surface area contributed by atoms with Gasteiger partial charge in [-0.25, -0.2) is 4.79 Å². The number of thiol groups is 1. The molecule has 0 saturated heterocycles. The topological polar surface area (TPSA) is 166 Å². The molecule has 0 aliphatic rings. The summed E-state index contributed by atoms with van der Waals surface area (Å²) >= 11 is 4.07. The molecular weight excluding hydrogens is 494 g/mol. The third kappa shape index (κ3) is 9.08. The number of rotatable bonds is 14. The molecule has 2 rings (SSSR count). The maximum Gasteiger partial charge on any atom is 0.326 e. The van der Waals surface area contributed by atoms with Gasteiger partial charge in [-0.05, 0) is 36.3 Å². The zero-order chi connectivity index (χ0) is 27.7. The van der Waals surface area contributed by atoms with E-state index in [1.807, 2.05) is 52.0 Å². The summed E-state index contributed by atoms with van der Waals surface area (Å²) < 4.78 is 0. The molecule has 1 heterocycles. The second-order valence-corrected chi connectivity index (χ2v) is 10.5. The third-order valence-electron chi connectivity index (χ3n) is 5.93. The Balaban J connectivity index is 2.28. The van der Waals surface area contributed by atoms with Gasteiger partial charge in [-0.1, -0.05) is 45.9 Å². The predicted molar refractivity (Wildman–Crippen MR) is 146 cm³/mol. The minimum absolute atomic E-state index is 0.0312. The third-order valence-corrected chi connectivity index (χ3v) is 6.32. The monoisotopic (exact) mass is 533 g/mol. The lowest BCUT2D eigenvalue weighted by Crippen LogP contribution is -2.58. The minimum atomic E-state index is -1.14. The SMILES string of the molecule is CC(C)CC(NC(=O)C(CC(C)C)NC(=O)C(Cc1c[nH]c2ccccc12)NC(=O)C(N)CS)C(=O)O. The van der Waals surface area contributed by atoms with Gasteiger partial charge >= 0.3 is 5.97 Å². The summed E-state index contributed by atoms with van der Waals surface area (Å²) in [6.45, 7) is 7.52. The Morgan fingerprint density at radius 3 is 2.03 bits per heavy atom. The standard InChI is InChI=1S/C26H39N5O5S/c1-14(2)9-20(24(33)31-22(26(35)36)10-15(3)4)30-25(34)21(29-23(32)18(27)13-37)11-16-12-28-19-8-6-5-7-17(16)19/h5-8,12,14-15,18,20-22,28,37H,9-11,13,27H2,1-4H3,(H,29,32)(H,30,34)(H,31,33)(H,35,36). The van der Waals surface area contributed by atoms with Crippen molar-refractivity contribution in [3.05, 3.63) is 36.0 Å². The highest BCUT2D eigenvalue weighted by Gasteiger charge is 2.31. The predicted octanol–water partition coefficient (Wildman–Crippen LogP) is 1.60. The van der Waals surface area contributed by atoms with Crippen LogP contribution in [0.15, 0.2) is 30.5 Å². The molecule has 2 aromatic rings. The molecule has 4 atom stereocenters. The number of para-hydroxylation sites is 1. The molecular formula is C26H39N5O5S. The summed E-state index contributed by atoms with van der Waals surface area (Å²) in [6.07, 6.45) is 2.47. The lowest BCUT2D eigenvalue weighted by atomic mass is 9.99. The second-order valence-electron chi connectivity index (χ2n) is 10.1. The number of hydrogen-bond acceptors (Lipinski definition) is 6. The van der Waals surface area contributed by atoms with E-state index in [0.717, 1.165) is 16.5 Å². The van der Waals surface area contributed by atoms with Crippen LogP contribution in [0.3, 0.4) is 0 Å². The van der Waals surface area contributed by atoms with Crippen LogP contribution in [0.25, 0.3) is 10.9 Å². The van der Waals surface area contributed by atoms with Crippen molar-refractivity contribution < 1.29 is 24.3 Å². The highest BCUT2D eigenvalue weighted by molar-refractivity contribution is 7.80. The van der Waals surface area contributed by atoms with Crippen LogP contribution in [0.1, 0.15) is 46.1 Å². The molecule has 0 aliphatic heterocycles. The van der Waals surface area contributed by atoms with E-state index in [9.17, 15) is 24.3 Å². The molecule has 0 saturated carbocycles. The molecule has 7 N–H and O–H groups in total. The van der Waals surface area contributed by atoms with Crippen molar-refractivity contribution in [3.63, 3.8) is 0 Å². The summed E-state index contributed by atoms with van der Waals surface area (Å²) in [4.78, 5) is 54.0. The summed E-state index contributed by atoms with van der Waals surface area (Å²) in [5.41, 5.74) is 7.52. The number of H-pyrrole nitrogens is 1. The first kappa shape index (κ1) is 30.2. The molecule has 0 spiro atoms. The number of hydrogen-bond donors (Lipinski definition) is 7. The van der Waals surface area contributed by atoms with Crippen LogP contribution in [-0.2, 0) is 25.6 Å². The maximum absolute atomic E-state index is 13.5. The van der Waals surface area contributed by atoms with E-state index in [0.29, 0.717) is 0 Å². The molecule has 1 aromatic heterocycles. The Morgan fingerprint density at radius 1 is 0.892 bits per heavy atom. The molecule has 3 amide bonds. The fourth-order valence-corrected chi connectivity index (χ4v) is 4.20. The van der Waals surface area contributed by atoms with Gasteiger partial charge in [-0.2, -0.15) is 12.6 Å². The molecule has 37 heavy (non-hydrogen) atoms. The van der Waals surface area contributed by atoms with Crippen molar-refractivity contribution in [2.24, 2.45) is 17.6 Å². The first-order valence-electron chi connectivity index (χ1n) is 12.5. The number of amides is 3. The molecule has 1 aromatic carbocycles. The van der Waals surface area contributed by atoms with Gasteiger partial charge in [0.15, 0.2) is 0 Å². The summed E-state index contributed by atoms with van der Waals surface area (Å²) in [7, 11) is 0. The maximum atomic E-state index is 13.5. The van der Waals surface area contributed by atoms with Crippen molar-refractivity contribution in [3.8, 4) is 0 Å². The number of aromatic amines is 1. The lowest BCUT2D eigenvalue weighted by molar-refractivity contribution is -0.143. The Morgan fingerprint density at radius 2 is 1.43 bits per heavy atom. The zero-order valence-corrected chi connectivity index (χ0v) is 22.7. The average molecular weight is 534 g/mol. The van der Waals surface area contributed by atoms with Gasteiger partial charge in [-0.3, -0.25) is 14.4 Å². The quantitative estimate of drug-likeness (QED) is 0.182. The fraction of sp³-hybridized carbons (Fsp3) is 0.538. The Bertz CT molecular complexity index is 1090. The lowest BCUT2D eigenvalue weighted by Gasteiger charge is -2.26. The van der Waals surface area contributed by atoms with E-state index in [4.69, 9.17) is 5.73 Å². The fourth-order valence-electron chi connectivity index (χ4n) is 4.03. The number of nitrogens with two attached hydrogens (primary N) is 1. The first-order valence-corrected chi connectivity index (χ1v) is 13.1. The summed E-state index contributed by atoms with van der Waals surface area (Å²) in [5, 5.41) is 18.4. The Labute approximate surface area is 222 Å². The van der Waals surface area contributed by atoms with Gasteiger partial charge in [0, 0.05) is 29.3 Å². The Kier molecular flexibility index (Phi) is 11.4. The van der Waals surface area contributed by atoms with Gasteiger partial charge in [0.1, 0.15) is 18.1 Å². The largest absolute Gasteiger partial charge is 0.480 e. The zero-order valence-electron chi connectivity index (χ0n) is 21.8. The van der Waals surface area contributed by atoms with Crippen molar-refractivity contribution in [2.75, 3.05) is 5.75 Å². The van der Waals surface area contributed by atoms with Crippen molar-refractivity contribution >= 4 is 47.2 Å². The summed E-state index contributed by atoms with van der Waals surface area (Å²) in [5.74, 6) is -2.65. The minimum Gasteiger partial charge on any atom is -0.480 e. The number of aliphatic carboxylic acids is 1. The number of carboxylic acids is 1. The molecule has 0 radical (unpaired) electrons. The Hall–Kier alpha value is -3.05. The number of nitrogens with one attached hydrogen (secondary N) is 4. The number of aromatic nitrogens is 1. The molecule has 10 nitrogen and oxygen atoms in total. The molecule has 0 aliphatic carbocycles. The molecule has 11 heteroatoms. The number of carboxylic acid groups (broad SMARTS) is 1. The van der Waals surface area contributed by atoms with E-state index in [1.165, 1.54) is 0 Å². The second kappa shape index (κ2) is 14.0. The number of fused-ring (bicyclic) bond motifs is 1. The van der Waals surface area contributed by atoms with Crippen LogP contribution >= 0.6 is 12.6 Å². The normalized spacial score (nSPS) is 14.7. The molecule has 0 fully saturated rings. The van der Waals surface area contributed by atoms with Crippen LogP contribution in [0.5, 0.6) is 0 Å². The van der Waals surface area contributed by atoms with Crippen LogP contribution in [0.4, 0.5) is 0 Å². The number of benzene rings is 1. The smallest absolute Gasteiger partial charge is 0.326 e. The molecule has 204 valence electrons. The summed E-state index contributed by atoms with van der Waals surface area (Å²) in [6, 6.07) is 3.59. The van der Waals surface area contributed by atoms with E-state index in [2.05, 4.69) is 33.6 Å². The first-order chi connectivity index (χ1) is 17.4. The average Bonchev–Trinajstić information content (AvgIpc) is 3.24. The van der Waals surface area contributed by atoms with Crippen molar-refractivity contribution in [1.29, 1.82) is 0 Å². The van der Waals surface area contributed by atoms with E-state index >= 15 is 0 Å². The van der Waals surface area contributed by atoms with E-state index < -0.39 is 47.9 Å². The molecule has 4 unspecified atom stereocenters. The van der Waals surface area contributed by atoms with Crippen LogP contribution < -0.4 is 21.7 Å². The van der Waals surface area contributed by atoms with E-state index in [1.54, 1.807) is 6.20 Å². The highest BCUT2D eigenvalue weighted by Crippen LogP contribution is 2.19. The van der Waals surface area contributed by atoms with Crippen LogP contribution in [0, 0.1) is 11.8 Å². The van der Waals surface area contributed by atoms with Gasteiger partial charge in [0.2, 0.25) is 17.7 Å². The van der Waals surface area contributed by atoms with Crippen molar-refractivity contribution in [1.82, 2.24) is 20.9 Å².